The summed E-state index contributed by atoms with van der Waals surface area (Å²) in [5.74, 6) is -0.183. The lowest BCUT2D eigenvalue weighted by molar-refractivity contribution is 0.101. The van der Waals surface area contributed by atoms with E-state index in [1.165, 1.54) is 16.9 Å². The van der Waals surface area contributed by atoms with Crippen LogP contribution in [0.2, 0.25) is 0 Å². The standard InChI is InChI=1S/C17H18N4OS/c1-4-21-15(9-12(3)20-21)16(22)19-17-18-14(10-23-17)13-7-5-11(2)6-8-13/h5-10H,4H2,1-3H3,(H,18,19,22). The van der Waals surface area contributed by atoms with Crippen LogP contribution in [0.4, 0.5) is 5.13 Å². The molecule has 0 saturated heterocycles. The highest BCUT2D eigenvalue weighted by Gasteiger charge is 2.15. The predicted molar refractivity (Wildman–Crippen MR) is 92.9 cm³/mol. The molecular weight excluding hydrogens is 308 g/mol. The number of anilines is 1. The summed E-state index contributed by atoms with van der Waals surface area (Å²) in [7, 11) is 0. The van der Waals surface area contributed by atoms with Crippen LogP contribution >= 0.6 is 11.3 Å². The van der Waals surface area contributed by atoms with Crippen molar-refractivity contribution < 1.29 is 4.79 Å². The Morgan fingerprint density at radius 2 is 2.00 bits per heavy atom. The Morgan fingerprint density at radius 1 is 1.26 bits per heavy atom. The van der Waals surface area contributed by atoms with Crippen molar-refractivity contribution in [2.45, 2.75) is 27.3 Å². The first-order valence-electron chi connectivity index (χ1n) is 7.45. The average Bonchev–Trinajstić information content (AvgIpc) is 3.14. The molecule has 3 rings (SSSR count). The molecule has 0 bridgehead atoms. The van der Waals surface area contributed by atoms with Gasteiger partial charge in [0.25, 0.3) is 5.91 Å². The quantitative estimate of drug-likeness (QED) is 0.791. The number of aryl methyl sites for hydroxylation is 3. The van der Waals surface area contributed by atoms with Crippen LogP contribution in [0.15, 0.2) is 35.7 Å². The van der Waals surface area contributed by atoms with E-state index in [9.17, 15) is 4.79 Å². The molecule has 6 heteroatoms. The molecule has 2 aromatic heterocycles. The summed E-state index contributed by atoms with van der Waals surface area (Å²) in [4.78, 5) is 16.9. The minimum absolute atomic E-state index is 0.183. The zero-order valence-corrected chi connectivity index (χ0v) is 14.1. The van der Waals surface area contributed by atoms with Gasteiger partial charge in [-0.15, -0.1) is 11.3 Å². The van der Waals surface area contributed by atoms with Crippen molar-refractivity contribution in [3.05, 3.63) is 52.7 Å². The molecule has 1 amide bonds. The van der Waals surface area contributed by atoms with Crippen LogP contribution in [-0.4, -0.2) is 20.7 Å². The molecule has 5 nitrogen and oxygen atoms in total. The number of nitrogens with zero attached hydrogens (tertiary/aromatic N) is 3. The Labute approximate surface area is 139 Å². The van der Waals surface area contributed by atoms with Crippen LogP contribution < -0.4 is 5.32 Å². The van der Waals surface area contributed by atoms with Crippen molar-refractivity contribution in [1.82, 2.24) is 14.8 Å². The summed E-state index contributed by atoms with van der Waals surface area (Å²) in [5.41, 5.74) is 4.50. The molecule has 0 atom stereocenters. The highest BCUT2D eigenvalue weighted by Crippen LogP contribution is 2.25. The molecular formula is C17H18N4OS. The molecule has 3 aromatic rings. The fourth-order valence-corrected chi connectivity index (χ4v) is 3.03. The summed E-state index contributed by atoms with van der Waals surface area (Å²) >= 11 is 1.42. The molecule has 0 fully saturated rings. The van der Waals surface area contributed by atoms with Gasteiger partial charge in [0, 0.05) is 17.5 Å². The van der Waals surface area contributed by atoms with Gasteiger partial charge < -0.3 is 0 Å². The number of nitrogens with one attached hydrogen (secondary N) is 1. The minimum Gasteiger partial charge on any atom is -0.296 e. The van der Waals surface area contributed by atoms with Crippen molar-refractivity contribution in [1.29, 1.82) is 0 Å². The summed E-state index contributed by atoms with van der Waals surface area (Å²) in [5, 5.41) is 9.68. The number of amides is 1. The zero-order chi connectivity index (χ0) is 16.4. The van der Waals surface area contributed by atoms with Crippen molar-refractivity contribution >= 4 is 22.4 Å². The number of hydrogen-bond acceptors (Lipinski definition) is 4. The molecule has 0 saturated carbocycles. The van der Waals surface area contributed by atoms with E-state index in [0.717, 1.165) is 17.0 Å². The molecule has 1 N–H and O–H groups in total. The smallest absolute Gasteiger partial charge is 0.275 e. The maximum Gasteiger partial charge on any atom is 0.275 e. The number of hydrogen-bond donors (Lipinski definition) is 1. The monoisotopic (exact) mass is 326 g/mol. The number of aromatic nitrogens is 3. The van der Waals surface area contributed by atoms with Gasteiger partial charge in [0.2, 0.25) is 0 Å². The Hall–Kier alpha value is -2.47. The zero-order valence-electron chi connectivity index (χ0n) is 13.3. The van der Waals surface area contributed by atoms with Crippen LogP contribution in [0.1, 0.15) is 28.7 Å². The van der Waals surface area contributed by atoms with E-state index in [-0.39, 0.29) is 5.91 Å². The highest BCUT2D eigenvalue weighted by atomic mass is 32.1. The van der Waals surface area contributed by atoms with Crippen LogP contribution in [0, 0.1) is 13.8 Å². The fraction of sp³-hybridized carbons (Fsp3) is 0.235. The fourth-order valence-electron chi connectivity index (χ4n) is 2.32. The van der Waals surface area contributed by atoms with Crippen LogP contribution in [0.25, 0.3) is 11.3 Å². The Balaban J connectivity index is 1.78. The maximum atomic E-state index is 12.4. The molecule has 118 valence electrons. The topological polar surface area (TPSA) is 59.8 Å². The van der Waals surface area contributed by atoms with Crippen molar-refractivity contribution in [2.75, 3.05) is 5.32 Å². The van der Waals surface area contributed by atoms with Gasteiger partial charge in [0.1, 0.15) is 5.69 Å². The van der Waals surface area contributed by atoms with Crippen molar-refractivity contribution in [3.63, 3.8) is 0 Å². The maximum absolute atomic E-state index is 12.4. The third-order valence-corrected chi connectivity index (χ3v) is 4.26. The van der Waals surface area contributed by atoms with Crippen molar-refractivity contribution in [2.24, 2.45) is 0 Å². The van der Waals surface area contributed by atoms with Crippen LogP contribution in [0.3, 0.4) is 0 Å². The average molecular weight is 326 g/mol. The molecule has 2 heterocycles. The van der Waals surface area contributed by atoms with Gasteiger partial charge >= 0.3 is 0 Å². The van der Waals surface area contributed by atoms with Gasteiger partial charge in [0.05, 0.1) is 11.4 Å². The van der Waals surface area contributed by atoms with Crippen molar-refractivity contribution in [3.8, 4) is 11.3 Å². The molecule has 23 heavy (non-hydrogen) atoms. The second-order valence-electron chi connectivity index (χ2n) is 5.34. The molecule has 0 radical (unpaired) electrons. The number of rotatable bonds is 4. The van der Waals surface area contributed by atoms with Crippen LogP contribution in [0.5, 0.6) is 0 Å². The predicted octanol–water partition coefficient (Wildman–Crippen LogP) is 3.90. The number of carbonyl (C=O) groups excluding carboxylic acids is 1. The molecule has 0 aliphatic carbocycles. The van der Waals surface area contributed by atoms with Gasteiger partial charge in [-0.2, -0.15) is 5.10 Å². The first-order valence-corrected chi connectivity index (χ1v) is 8.33. The normalized spacial score (nSPS) is 10.7. The Kier molecular flexibility index (Phi) is 4.25. The third-order valence-electron chi connectivity index (χ3n) is 3.51. The lowest BCUT2D eigenvalue weighted by Gasteiger charge is -2.03. The lowest BCUT2D eigenvalue weighted by atomic mass is 10.1. The van der Waals surface area contributed by atoms with E-state index in [4.69, 9.17) is 0 Å². The number of carbonyl (C=O) groups is 1. The molecule has 0 aliphatic heterocycles. The van der Waals surface area contributed by atoms with E-state index in [1.807, 2.05) is 31.4 Å². The van der Waals surface area contributed by atoms with Gasteiger partial charge in [-0.3, -0.25) is 14.8 Å². The molecule has 0 unspecified atom stereocenters. The van der Waals surface area contributed by atoms with Gasteiger partial charge in [-0.05, 0) is 26.8 Å². The summed E-state index contributed by atoms with van der Waals surface area (Å²) in [6, 6.07) is 9.95. The van der Waals surface area contributed by atoms with Gasteiger partial charge in [-0.1, -0.05) is 29.8 Å². The summed E-state index contributed by atoms with van der Waals surface area (Å²) < 4.78 is 1.69. The third kappa shape index (κ3) is 3.32. The number of benzene rings is 1. The largest absolute Gasteiger partial charge is 0.296 e. The van der Waals surface area contributed by atoms with E-state index in [2.05, 4.69) is 34.5 Å². The summed E-state index contributed by atoms with van der Waals surface area (Å²) in [6.07, 6.45) is 0. The van der Waals surface area contributed by atoms with Crippen LogP contribution in [-0.2, 0) is 6.54 Å². The second kappa shape index (κ2) is 6.34. The molecule has 0 aliphatic rings. The van der Waals surface area contributed by atoms with Gasteiger partial charge in [0.15, 0.2) is 5.13 Å². The SMILES string of the molecule is CCn1nc(C)cc1C(=O)Nc1nc(-c2ccc(C)cc2)cs1. The second-order valence-corrected chi connectivity index (χ2v) is 6.20. The number of thiazole rings is 1. The first kappa shape index (κ1) is 15.4. The minimum atomic E-state index is -0.183. The lowest BCUT2D eigenvalue weighted by Crippen LogP contribution is -2.17. The van der Waals surface area contributed by atoms with E-state index in [1.54, 1.807) is 10.7 Å². The highest BCUT2D eigenvalue weighted by molar-refractivity contribution is 7.14. The van der Waals surface area contributed by atoms with Gasteiger partial charge in [-0.25, -0.2) is 4.98 Å². The van der Waals surface area contributed by atoms with E-state index in [0.29, 0.717) is 17.4 Å². The molecule has 1 aromatic carbocycles. The van der Waals surface area contributed by atoms with E-state index < -0.39 is 0 Å². The molecule has 0 spiro atoms. The first-order chi connectivity index (χ1) is 11.1. The Morgan fingerprint density at radius 3 is 2.70 bits per heavy atom. The Bertz CT molecular complexity index is 833. The summed E-state index contributed by atoms with van der Waals surface area (Å²) in [6.45, 7) is 6.54. The van der Waals surface area contributed by atoms with E-state index >= 15 is 0 Å².